The molecule has 0 fully saturated rings. The van der Waals surface area contributed by atoms with Gasteiger partial charge in [-0.3, -0.25) is 0 Å². The van der Waals surface area contributed by atoms with Crippen LogP contribution >= 0.6 is 34.8 Å². The number of carboxylic acids is 1. The number of benzene rings is 1. The van der Waals surface area contributed by atoms with Gasteiger partial charge in [-0.1, -0.05) is 34.8 Å². The lowest BCUT2D eigenvalue weighted by atomic mass is 10.3. The van der Waals surface area contributed by atoms with Crippen LogP contribution in [0.5, 0.6) is 5.75 Å². The lowest BCUT2D eigenvalue weighted by Crippen LogP contribution is -2.21. The van der Waals surface area contributed by atoms with Crippen LogP contribution < -0.4 is 4.74 Å². The SMILES string of the molecule is O=C(O)C(F)Oc1c(Cl)cc(Cl)cc1Cl. The molecular formula is C8H4Cl3FO3. The predicted octanol–water partition coefficient (Wildman–Crippen LogP) is 3.41. The molecule has 1 aromatic rings. The zero-order valence-electron chi connectivity index (χ0n) is 7.01. The molecule has 1 N–H and O–H groups in total. The van der Waals surface area contributed by atoms with E-state index in [0.29, 0.717) is 0 Å². The highest BCUT2D eigenvalue weighted by molar-refractivity contribution is 6.40. The van der Waals surface area contributed by atoms with Gasteiger partial charge >= 0.3 is 12.3 Å². The zero-order valence-corrected chi connectivity index (χ0v) is 9.28. The van der Waals surface area contributed by atoms with Gasteiger partial charge in [-0.2, -0.15) is 4.39 Å². The van der Waals surface area contributed by atoms with E-state index in [4.69, 9.17) is 39.9 Å². The van der Waals surface area contributed by atoms with Crippen molar-refractivity contribution in [2.45, 2.75) is 6.36 Å². The summed E-state index contributed by atoms with van der Waals surface area (Å²) in [6.07, 6.45) is -2.53. The number of rotatable bonds is 3. The first-order chi connectivity index (χ1) is 6.91. The third-order valence-corrected chi connectivity index (χ3v) is 2.16. The summed E-state index contributed by atoms with van der Waals surface area (Å²) in [6.45, 7) is 0. The Kier molecular flexibility index (Phi) is 4.02. The van der Waals surface area contributed by atoms with Gasteiger partial charge in [0.15, 0.2) is 5.75 Å². The molecule has 0 saturated carbocycles. The summed E-state index contributed by atoms with van der Waals surface area (Å²) in [5.41, 5.74) is 0. The highest BCUT2D eigenvalue weighted by Gasteiger charge is 2.20. The quantitative estimate of drug-likeness (QED) is 0.918. The van der Waals surface area contributed by atoms with Crippen molar-refractivity contribution in [2.24, 2.45) is 0 Å². The maximum atomic E-state index is 12.7. The highest BCUT2D eigenvalue weighted by Crippen LogP contribution is 2.36. The monoisotopic (exact) mass is 272 g/mol. The molecule has 15 heavy (non-hydrogen) atoms. The average molecular weight is 273 g/mol. The minimum absolute atomic E-state index is 0.0589. The molecule has 1 unspecified atom stereocenters. The van der Waals surface area contributed by atoms with E-state index in [9.17, 15) is 9.18 Å². The van der Waals surface area contributed by atoms with E-state index in [1.54, 1.807) is 0 Å². The Labute approximate surface area is 99.3 Å². The minimum atomic E-state index is -2.53. The number of hydrogen-bond donors (Lipinski definition) is 1. The van der Waals surface area contributed by atoms with Crippen molar-refractivity contribution in [3.05, 3.63) is 27.2 Å². The molecule has 0 heterocycles. The fourth-order valence-corrected chi connectivity index (χ4v) is 1.70. The van der Waals surface area contributed by atoms with Gasteiger partial charge in [-0.25, -0.2) is 4.79 Å². The Morgan fingerprint density at radius 2 is 1.80 bits per heavy atom. The van der Waals surface area contributed by atoms with Gasteiger partial charge in [0.25, 0.3) is 0 Å². The third kappa shape index (κ3) is 3.12. The summed E-state index contributed by atoms with van der Waals surface area (Å²) in [6, 6.07) is 2.53. The summed E-state index contributed by atoms with van der Waals surface area (Å²) < 4.78 is 17.1. The van der Waals surface area contributed by atoms with Gasteiger partial charge in [-0.15, -0.1) is 0 Å². The molecule has 0 bridgehead atoms. The molecule has 1 atom stereocenters. The number of ether oxygens (including phenoxy) is 1. The Morgan fingerprint density at radius 3 is 2.20 bits per heavy atom. The van der Waals surface area contributed by atoms with E-state index in [2.05, 4.69) is 4.74 Å². The van der Waals surface area contributed by atoms with E-state index < -0.39 is 12.3 Å². The molecule has 0 aromatic heterocycles. The molecule has 1 aromatic carbocycles. The molecule has 82 valence electrons. The highest BCUT2D eigenvalue weighted by atomic mass is 35.5. The molecule has 0 radical (unpaired) electrons. The van der Waals surface area contributed by atoms with Crippen molar-refractivity contribution in [2.75, 3.05) is 0 Å². The number of alkyl halides is 1. The lowest BCUT2D eigenvalue weighted by molar-refractivity contribution is -0.153. The summed E-state index contributed by atoms with van der Waals surface area (Å²) in [4.78, 5) is 10.2. The van der Waals surface area contributed by atoms with Crippen LogP contribution in [0.1, 0.15) is 0 Å². The van der Waals surface area contributed by atoms with Crippen LogP contribution in [0.4, 0.5) is 4.39 Å². The Morgan fingerprint density at radius 1 is 1.33 bits per heavy atom. The van der Waals surface area contributed by atoms with Gasteiger partial charge in [0.2, 0.25) is 0 Å². The van der Waals surface area contributed by atoms with Crippen LogP contribution in [-0.4, -0.2) is 17.4 Å². The van der Waals surface area contributed by atoms with Crippen LogP contribution in [-0.2, 0) is 4.79 Å². The van der Waals surface area contributed by atoms with Gasteiger partial charge in [0.1, 0.15) is 0 Å². The van der Waals surface area contributed by atoms with Crippen molar-refractivity contribution in [1.82, 2.24) is 0 Å². The van der Waals surface area contributed by atoms with Crippen LogP contribution in [0.15, 0.2) is 12.1 Å². The van der Waals surface area contributed by atoms with Crippen LogP contribution in [0.2, 0.25) is 15.1 Å². The molecule has 0 spiro atoms. The zero-order chi connectivity index (χ0) is 11.6. The smallest absolute Gasteiger partial charge is 0.378 e. The molecule has 0 aliphatic carbocycles. The fraction of sp³-hybridized carbons (Fsp3) is 0.125. The van der Waals surface area contributed by atoms with Crippen LogP contribution in [0, 0.1) is 0 Å². The number of carbonyl (C=O) groups is 1. The molecule has 3 nitrogen and oxygen atoms in total. The second kappa shape index (κ2) is 4.88. The van der Waals surface area contributed by atoms with Crippen molar-refractivity contribution in [1.29, 1.82) is 0 Å². The second-order valence-corrected chi connectivity index (χ2v) is 3.72. The summed E-state index contributed by atoms with van der Waals surface area (Å²) >= 11 is 16.8. The minimum Gasteiger partial charge on any atom is -0.476 e. The first-order valence-electron chi connectivity index (χ1n) is 3.60. The van der Waals surface area contributed by atoms with Crippen LogP contribution in [0.3, 0.4) is 0 Å². The largest absolute Gasteiger partial charge is 0.476 e. The number of carboxylic acid groups (broad SMARTS) is 1. The molecule has 1 rings (SSSR count). The van der Waals surface area contributed by atoms with Crippen molar-refractivity contribution >= 4 is 40.8 Å². The first kappa shape index (κ1) is 12.4. The number of halogens is 4. The van der Waals surface area contributed by atoms with Crippen molar-refractivity contribution in [3.63, 3.8) is 0 Å². The molecular weight excluding hydrogens is 269 g/mol. The summed E-state index contributed by atoms with van der Waals surface area (Å²) in [7, 11) is 0. The average Bonchev–Trinajstić information content (AvgIpc) is 2.10. The van der Waals surface area contributed by atoms with Crippen LogP contribution in [0.25, 0.3) is 0 Å². The lowest BCUT2D eigenvalue weighted by Gasteiger charge is -2.10. The molecule has 7 heteroatoms. The van der Waals surface area contributed by atoms with E-state index in [1.165, 1.54) is 12.1 Å². The van der Waals surface area contributed by atoms with Gasteiger partial charge < -0.3 is 9.84 Å². The maximum absolute atomic E-state index is 12.7. The Hall–Kier alpha value is -0.710. The maximum Gasteiger partial charge on any atom is 0.378 e. The molecule has 0 aliphatic heterocycles. The second-order valence-electron chi connectivity index (χ2n) is 2.47. The standard InChI is InChI=1S/C8H4Cl3FO3/c9-3-1-4(10)6(5(11)2-3)15-7(12)8(13)14/h1-2,7H,(H,13,14). The number of aliphatic carboxylic acids is 1. The predicted molar refractivity (Wildman–Crippen MR) is 54.6 cm³/mol. The van der Waals surface area contributed by atoms with E-state index in [0.717, 1.165) is 0 Å². The normalized spacial score (nSPS) is 12.3. The Balaban J connectivity index is 3.00. The van der Waals surface area contributed by atoms with E-state index in [1.807, 2.05) is 0 Å². The van der Waals surface area contributed by atoms with E-state index >= 15 is 0 Å². The summed E-state index contributed by atoms with van der Waals surface area (Å²) in [5, 5.41) is 8.39. The molecule has 0 amide bonds. The first-order valence-corrected chi connectivity index (χ1v) is 4.73. The third-order valence-electron chi connectivity index (χ3n) is 1.38. The Bertz CT molecular complexity index is 374. The van der Waals surface area contributed by atoms with E-state index in [-0.39, 0.29) is 20.8 Å². The fourth-order valence-electron chi connectivity index (χ4n) is 0.795. The number of hydrogen-bond acceptors (Lipinski definition) is 2. The van der Waals surface area contributed by atoms with Crippen molar-refractivity contribution < 1.29 is 19.0 Å². The van der Waals surface area contributed by atoms with Gasteiger partial charge in [0, 0.05) is 5.02 Å². The van der Waals surface area contributed by atoms with Gasteiger partial charge in [-0.05, 0) is 12.1 Å². The summed E-state index contributed by atoms with van der Waals surface area (Å²) in [5.74, 6) is -2.02. The van der Waals surface area contributed by atoms with Crippen molar-refractivity contribution in [3.8, 4) is 5.75 Å². The molecule has 0 aliphatic rings. The topological polar surface area (TPSA) is 46.5 Å². The molecule has 0 saturated heterocycles. The van der Waals surface area contributed by atoms with Gasteiger partial charge in [0.05, 0.1) is 10.0 Å².